The maximum atomic E-state index is 4.61. The van der Waals surface area contributed by atoms with Crippen LogP contribution in [0.4, 0.5) is 0 Å². The first-order valence-electron chi connectivity index (χ1n) is 6.49. The summed E-state index contributed by atoms with van der Waals surface area (Å²) in [5, 5.41) is 0. The fourth-order valence-electron chi connectivity index (χ4n) is 2.14. The first-order chi connectivity index (χ1) is 9.88. The molecule has 2 heteroatoms. The van der Waals surface area contributed by atoms with Gasteiger partial charge in [0.15, 0.2) is 5.82 Å². The van der Waals surface area contributed by atoms with Crippen molar-refractivity contribution in [3.63, 3.8) is 0 Å². The summed E-state index contributed by atoms with van der Waals surface area (Å²) in [6.45, 7) is 3.74. The largest absolute Gasteiger partial charge is 0.236 e. The van der Waals surface area contributed by atoms with Crippen LogP contribution >= 0.6 is 0 Å². The van der Waals surface area contributed by atoms with Crippen molar-refractivity contribution in [2.24, 2.45) is 0 Å². The van der Waals surface area contributed by atoms with Gasteiger partial charge >= 0.3 is 0 Å². The second-order valence-electron chi connectivity index (χ2n) is 4.43. The van der Waals surface area contributed by atoms with Crippen LogP contribution < -0.4 is 0 Å². The minimum absolute atomic E-state index is 0.642. The third-order valence-electron chi connectivity index (χ3n) is 3.12. The molecule has 0 unspecified atom stereocenters. The molecule has 2 nitrogen and oxygen atoms in total. The van der Waals surface area contributed by atoms with E-state index in [-0.39, 0.29) is 0 Å². The lowest BCUT2D eigenvalue weighted by atomic mass is 10.0. The van der Waals surface area contributed by atoms with E-state index in [1.807, 2.05) is 42.6 Å². The van der Waals surface area contributed by atoms with E-state index in [4.69, 9.17) is 0 Å². The molecule has 0 fully saturated rings. The van der Waals surface area contributed by atoms with Crippen molar-refractivity contribution in [1.82, 2.24) is 9.97 Å². The number of nitrogens with zero attached hydrogens (tertiary/aromatic N) is 2. The standard InChI is InChI=1S/C18H14N2/c1-2-17-19-13-16(14-9-5-3-6-10-14)18(20-17)15-11-7-4-8-12-15/h2-13H,1H2. The molecule has 2 aromatic carbocycles. The molecular weight excluding hydrogens is 244 g/mol. The molecule has 0 atom stereocenters. The zero-order valence-corrected chi connectivity index (χ0v) is 11.0. The van der Waals surface area contributed by atoms with Gasteiger partial charge in [0.25, 0.3) is 0 Å². The van der Waals surface area contributed by atoms with Crippen molar-refractivity contribution in [3.8, 4) is 22.4 Å². The Kier molecular flexibility index (Phi) is 3.38. The second kappa shape index (κ2) is 5.49. The van der Waals surface area contributed by atoms with E-state index in [2.05, 4.69) is 40.8 Å². The van der Waals surface area contributed by atoms with E-state index in [0.29, 0.717) is 5.82 Å². The van der Waals surface area contributed by atoms with Crippen molar-refractivity contribution >= 4 is 6.08 Å². The van der Waals surface area contributed by atoms with Crippen molar-refractivity contribution in [3.05, 3.63) is 79.3 Å². The van der Waals surface area contributed by atoms with Gasteiger partial charge in [-0.3, -0.25) is 0 Å². The predicted molar refractivity (Wildman–Crippen MR) is 83.0 cm³/mol. The summed E-state index contributed by atoms with van der Waals surface area (Å²) in [7, 11) is 0. The molecule has 0 saturated heterocycles. The van der Waals surface area contributed by atoms with E-state index in [1.54, 1.807) is 6.08 Å². The molecule has 20 heavy (non-hydrogen) atoms. The molecule has 3 aromatic rings. The normalized spacial score (nSPS) is 10.2. The fraction of sp³-hybridized carbons (Fsp3) is 0. The van der Waals surface area contributed by atoms with Gasteiger partial charge in [0.2, 0.25) is 0 Å². The van der Waals surface area contributed by atoms with Gasteiger partial charge in [-0.05, 0) is 11.6 Å². The average Bonchev–Trinajstić information content (AvgIpc) is 2.56. The lowest BCUT2D eigenvalue weighted by Crippen LogP contribution is -1.94. The first kappa shape index (κ1) is 12.3. The Morgan fingerprint density at radius 1 is 0.800 bits per heavy atom. The lowest BCUT2D eigenvalue weighted by Gasteiger charge is -2.09. The molecule has 1 heterocycles. The van der Waals surface area contributed by atoms with E-state index >= 15 is 0 Å². The number of rotatable bonds is 3. The Balaban J connectivity index is 2.23. The molecule has 0 spiro atoms. The highest BCUT2D eigenvalue weighted by Gasteiger charge is 2.10. The molecular formula is C18H14N2. The summed E-state index contributed by atoms with van der Waals surface area (Å²) in [6, 6.07) is 20.3. The third-order valence-corrected chi connectivity index (χ3v) is 3.12. The summed E-state index contributed by atoms with van der Waals surface area (Å²) < 4.78 is 0. The second-order valence-corrected chi connectivity index (χ2v) is 4.43. The van der Waals surface area contributed by atoms with Crippen LogP contribution in [0.3, 0.4) is 0 Å². The quantitative estimate of drug-likeness (QED) is 0.693. The summed E-state index contributed by atoms with van der Waals surface area (Å²) in [5.41, 5.74) is 4.16. The van der Waals surface area contributed by atoms with Gasteiger partial charge in [0, 0.05) is 17.3 Å². The molecule has 0 radical (unpaired) electrons. The number of benzene rings is 2. The van der Waals surface area contributed by atoms with Crippen LogP contribution in [-0.2, 0) is 0 Å². The van der Waals surface area contributed by atoms with Gasteiger partial charge in [-0.15, -0.1) is 0 Å². The van der Waals surface area contributed by atoms with Crippen LogP contribution in [0.15, 0.2) is 73.4 Å². The maximum absolute atomic E-state index is 4.61. The highest BCUT2D eigenvalue weighted by Crippen LogP contribution is 2.29. The Labute approximate surface area is 118 Å². The molecule has 1 aromatic heterocycles. The molecule has 0 aliphatic rings. The minimum Gasteiger partial charge on any atom is -0.236 e. The molecule has 3 rings (SSSR count). The molecule has 96 valence electrons. The average molecular weight is 258 g/mol. The smallest absolute Gasteiger partial charge is 0.151 e. The van der Waals surface area contributed by atoms with E-state index in [9.17, 15) is 0 Å². The van der Waals surface area contributed by atoms with Crippen molar-refractivity contribution < 1.29 is 0 Å². The highest BCUT2D eigenvalue weighted by atomic mass is 14.9. The van der Waals surface area contributed by atoms with Crippen LogP contribution in [0.5, 0.6) is 0 Å². The predicted octanol–water partition coefficient (Wildman–Crippen LogP) is 4.45. The summed E-state index contributed by atoms with van der Waals surface area (Å²) >= 11 is 0. The number of hydrogen-bond donors (Lipinski definition) is 0. The van der Waals surface area contributed by atoms with Gasteiger partial charge in [0.1, 0.15) is 0 Å². The molecule has 0 aliphatic carbocycles. The van der Waals surface area contributed by atoms with Crippen LogP contribution in [0.25, 0.3) is 28.5 Å². The van der Waals surface area contributed by atoms with Crippen molar-refractivity contribution in [1.29, 1.82) is 0 Å². The van der Waals surface area contributed by atoms with Gasteiger partial charge < -0.3 is 0 Å². The van der Waals surface area contributed by atoms with E-state index < -0.39 is 0 Å². The SMILES string of the molecule is C=Cc1ncc(-c2ccccc2)c(-c2ccccc2)n1. The van der Waals surface area contributed by atoms with Gasteiger partial charge in [-0.25, -0.2) is 9.97 Å². The Hall–Kier alpha value is -2.74. The molecule has 0 saturated carbocycles. The zero-order valence-electron chi connectivity index (χ0n) is 11.0. The molecule has 0 bridgehead atoms. The first-order valence-corrected chi connectivity index (χ1v) is 6.49. The van der Waals surface area contributed by atoms with Crippen LogP contribution in [-0.4, -0.2) is 9.97 Å². The molecule has 0 amide bonds. The fourth-order valence-corrected chi connectivity index (χ4v) is 2.14. The lowest BCUT2D eigenvalue weighted by molar-refractivity contribution is 1.14. The van der Waals surface area contributed by atoms with Gasteiger partial charge in [-0.1, -0.05) is 67.2 Å². The Morgan fingerprint density at radius 2 is 1.40 bits per heavy atom. The van der Waals surface area contributed by atoms with Crippen LogP contribution in [0.2, 0.25) is 0 Å². The van der Waals surface area contributed by atoms with Crippen LogP contribution in [0, 0.1) is 0 Å². The molecule has 0 N–H and O–H groups in total. The van der Waals surface area contributed by atoms with Crippen LogP contribution in [0.1, 0.15) is 5.82 Å². The monoisotopic (exact) mass is 258 g/mol. The Bertz CT molecular complexity index is 719. The van der Waals surface area contributed by atoms with E-state index in [1.165, 1.54) is 0 Å². The van der Waals surface area contributed by atoms with Gasteiger partial charge in [-0.2, -0.15) is 0 Å². The summed E-state index contributed by atoms with van der Waals surface area (Å²) in [6.07, 6.45) is 3.53. The van der Waals surface area contributed by atoms with E-state index in [0.717, 1.165) is 22.4 Å². The minimum atomic E-state index is 0.642. The number of hydrogen-bond acceptors (Lipinski definition) is 2. The number of aromatic nitrogens is 2. The summed E-state index contributed by atoms with van der Waals surface area (Å²) in [4.78, 5) is 8.94. The van der Waals surface area contributed by atoms with Gasteiger partial charge in [0.05, 0.1) is 5.69 Å². The highest BCUT2D eigenvalue weighted by molar-refractivity contribution is 5.80. The topological polar surface area (TPSA) is 25.8 Å². The maximum Gasteiger partial charge on any atom is 0.151 e. The molecule has 0 aliphatic heterocycles. The third kappa shape index (κ3) is 2.36. The Morgan fingerprint density at radius 3 is 2.00 bits per heavy atom. The van der Waals surface area contributed by atoms with Crippen molar-refractivity contribution in [2.45, 2.75) is 0 Å². The zero-order chi connectivity index (χ0) is 13.8. The van der Waals surface area contributed by atoms with Crippen molar-refractivity contribution in [2.75, 3.05) is 0 Å². The summed E-state index contributed by atoms with van der Waals surface area (Å²) in [5.74, 6) is 0.642.